The number of phenolic OH excluding ortho intramolecular Hbond substituents is 1. The first-order chi connectivity index (χ1) is 13.0. The van der Waals surface area contributed by atoms with Crippen LogP contribution in [-0.2, 0) is 14.3 Å². The van der Waals surface area contributed by atoms with Gasteiger partial charge in [-0.25, -0.2) is 9.78 Å². The van der Waals surface area contributed by atoms with Crippen LogP contribution in [0.4, 0.5) is 5.69 Å². The summed E-state index contributed by atoms with van der Waals surface area (Å²) in [7, 11) is 0. The first-order valence-corrected chi connectivity index (χ1v) is 7.93. The van der Waals surface area contributed by atoms with E-state index in [4.69, 9.17) is 4.74 Å². The Morgan fingerprint density at radius 2 is 2.04 bits per heavy atom. The number of allylic oxidation sites excluding steroid dienone is 1. The number of nitrogens with one attached hydrogen (secondary N) is 2. The number of aromatic amines is 1. The van der Waals surface area contributed by atoms with Crippen molar-refractivity contribution in [3.8, 4) is 5.75 Å². The Bertz CT molecular complexity index is 1140. The first-order valence-electron chi connectivity index (χ1n) is 7.93. The molecular weight excluding hydrogens is 350 g/mol. The standard InChI is InChI=1S/C19H13N3O5/c23-13-6-2-1-5-12(13)22-18-15(19(25)26)16(24)14(27-18)8-10-9-21-17-11(10)4-3-7-20-17/h1-9,22-23H,(H,20,21)(H,25,26)/b14-8-. The van der Waals surface area contributed by atoms with Crippen molar-refractivity contribution in [2.45, 2.75) is 0 Å². The second-order valence-corrected chi connectivity index (χ2v) is 5.73. The van der Waals surface area contributed by atoms with Crippen LogP contribution in [0.5, 0.6) is 5.75 Å². The number of H-pyrrole nitrogens is 1. The first kappa shape index (κ1) is 16.4. The topological polar surface area (TPSA) is 125 Å². The molecule has 0 spiro atoms. The van der Waals surface area contributed by atoms with Crippen LogP contribution < -0.4 is 5.32 Å². The highest BCUT2D eigenvalue weighted by Gasteiger charge is 2.36. The third-order valence-electron chi connectivity index (χ3n) is 4.03. The molecule has 0 unspecified atom stereocenters. The highest BCUT2D eigenvalue weighted by atomic mass is 16.5. The quantitative estimate of drug-likeness (QED) is 0.319. The zero-order chi connectivity index (χ0) is 19.0. The van der Waals surface area contributed by atoms with Crippen molar-refractivity contribution >= 4 is 34.5 Å². The molecule has 2 aromatic heterocycles. The number of aromatic nitrogens is 2. The van der Waals surface area contributed by atoms with Gasteiger partial charge in [0.2, 0.25) is 11.7 Å². The molecule has 0 fully saturated rings. The number of carbonyl (C=O) groups excluding carboxylic acids is 1. The number of aromatic hydroxyl groups is 1. The fourth-order valence-corrected chi connectivity index (χ4v) is 2.75. The van der Waals surface area contributed by atoms with Crippen molar-refractivity contribution in [3.05, 3.63) is 71.6 Å². The maximum Gasteiger partial charge on any atom is 0.345 e. The lowest BCUT2D eigenvalue weighted by Gasteiger charge is -2.09. The SMILES string of the molecule is O=C(O)C1=C(Nc2ccccc2O)O/C(=C\c2c[nH]c3ncccc23)C1=O. The largest absolute Gasteiger partial charge is 0.506 e. The molecule has 1 aliphatic heterocycles. The zero-order valence-corrected chi connectivity index (χ0v) is 13.8. The fourth-order valence-electron chi connectivity index (χ4n) is 2.75. The van der Waals surface area contributed by atoms with Crippen molar-refractivity contribution in [3.63, 3.8) is 0 Å². The number of ketones is 1. The van der Waals surface area contributed by atoms with E-state index >= 15 is 0 Å². The van der Waals surface area contributed by atoms with E-state index in [0.717, 1.165) is 5.39 Å². The van der Waals surface area contributed by atoms with Crippen LogP contribution in [0.25, 0.3) is 17.1 Å². The highest BCUT2D eigenvalue weighted by molar-refractivity contribution is 6.26. The summed E-state index contributed by atoms with van der Waals surface area (Å²) >= 11 is 0. The van der Waals surface area contributed by atoms with Crippen molar-refractivity contribution in [2.75, 3.05) is 5.32 Å². The van der Waals surface area contributed by atoms with Crippen LogP contribution in [0.1, 0.15) is 5.56 Å². The number of para-hydroxylation sites is 2. The minimum Gasteiger partial charge on any atom is -0.506 e. The lowest BCUT2D eigenvalue weighted by molar-refractivity contribution is -0.134. The van der Waals surface area contributed by atoms with Crippen molar-refractivity contribution in [1.29, 1.82) is 0 Å². The molecular formula is C19H13N3O5. The Morgan fingerprint density at radius 3 is 2.81 bits per heavy atom. The smallest absolute Gasteiger partial charge is 0.345 e. The summed E-state index contributed by atoms with van der Waals surface area (Å²) in [6, 6.07) is 9.79. The van der Waals surface area contributed by atoms with Gasteiger partial charge in [0.1, 0.15) is 11.4 Å². The van der Waals surface area contributed by atoms with Crippen LogP contribution in [0, 0.1) is 0 Å². The molecule has 0 atom stereocenters. The number of carboxylic acid groups (broad SMARTS) is 1. The van der Waals surface area contributed by atoms with Crippen molar-refractivity contribution < 1.29 is 24.5 Å². The third kappa shape index (κ3) is 2.89. The van der Waals surface area contributed by atoms with Gasteiger partial charge in [0.05, 0.1) is 5.69 Å². The predicted molar refractivity (Wildman–Crippen MR) is 96.6 cm³/mol. The van der Waals surface area contributed by atoms with Gasteiger partial charge in [-0.1, -0.05) is 12.1 Å². The minimum atomic E-state index is -1.43. The van der Waals surface area contributed by atoms with Crippen LogP contribution >= 0.6 is 0 Å². The molecule has 0 aliphatic carbocycles. The highest BCUT2D eigenvalue weighted by Crippen LogP contribution is 2.31. The van der Waals surface area contributed by atoms with Crippen LogP contribution in [-0.4, -0.2) is 31.9 Å². The third-order valence-corrected chi connectivity index (χ3v) is 4.03. The molecule has 0 amide bonds. The van der Waals surface area contributed by atoms with Gasteiger partial charge >= 0.3 is 5.97 Å². The monoisotopic (exact) mass is 363 g/mol. The van der Waals surface area contributed by atoms with E-state index in [9.17, 15) is 19.8 Å². The Kier molecular flexibility index (Phi) is 3.85. The summed E-state index contributed by atoms with van der Waals surface area (Å²) < 4.78 is 5.48. The summed E-state index contributed by atoms with van der Waals surface area (Å²) in [5, 5.41) is 22.7. The average Bonchev–Trinajstić information content (AvgIpc) is 3.19. The van der Waals surface area contributed by atoms with Gasteiger partial charge in [0, 0.05) is 23.3 Å². The van der Waals surface area contributed by atoms with Crippen molar-refractivity contribution in [1.82, 2.24) is 9.97 Å². The fraction of sp³-hybridized carbons (Fsp3) is 0. The van der Waals surface area contributed by atoms with E-state index < -0.39 is 17.3 Å². The van der Waals surface area contributed by atoms with E-state index in [-0.39, 0.29) is 23.1 Å². The van der Waals surface area contributed by atoms with Crippen LogP contribution in [0.3, 0.4) is 0 Å². The molecule has 4 N–H and O–H groups in total. The number of anilines is 1. The van der Waals surface area contributed by atoms with Gasteiger partial charge in [0.25, 0.3) is 0 Å². The number of carbonyl (C=O) groups is 2. The number of benzene rings is 1. The number of hydrogen-bond acceptors (Lipinski definition) is 6. The summed E-state index contributed by atoms with van der Waals surface area (Å²) in [4.78, 5) is 31.2. The van der Waals surface area contributed by atoms with Gasteiger partial charge in [0.15, 0.2) is 11.3 Å². The Morgan fingerprint density at radius 1 is 1.22 bits per heavy atom. The number of pyridine rings is 1. The number of phenols is 1. The number of ether oxygens (including phenoxy) is 1. The van der Waals surface area contributed by atoms with Gasteiger partial charge in [-0.2, -0.15) is 0 Å². The maximum absolute atomic E-state index is 12.5. The van der Waals surface area contributed by atoms with Crippen molar-refractivity contribution in [2.24, 2.45) is 0 Å². The molecule has 1 aromatic carbocycles. The summed E-state index contributed by atoms with van der Waals surface area (Å²) in [6.45, 7) is 0. The van der Waals surface area contributed by atoms with E-state index in [2.05, 4.69) is 15.3 Å². The normalized spacial score (nSPS) is 15.4. The summed E-state index contributed by atoms with van der Waals surface area (Å²) in [5.74, 6) is -2.69. The van der Waals surface area contributed by atoms with E-state index in [1.54, 1.807) is 30.6 Å². The second kappa shape index (κ2) is 6.34. The van der Waals surface area contributed by atoms with Gasteiger partial charge < -0.3 is 25.3 Å². The average molecular weight is 363 g/mol. The van der Waals surface area contributed by atoms with E-state index in [1.807, 2.05) is 6.07 Å². The molecule has 8 nitrogen and oxygen atoms in total. The maximum atomic E-state index is 12.5. The van der Waals surface area contributed by atoms with Gasteiger partial charge in [-0.05, 0) is 30.3 Å². The molecule has 8 heteroatoms. The molecule has 1 aliphatic rings. The molecule has 0 saturated carbocycles. The Balaban J connectivity index is 1.71. The molecule has 27 heavy (non-hydrogen) atoms. The molecule has 4 rings (SSSR count). The Labute approximate surface area is 152 Å². The molecule has 3 heterocycles. The summed E-state index contributed by atoms with van der Waals surface area (Å²) in [5.41, 5.74) is 0.947. The number of Topliss-reactive ketones (excluding diaryl/α,β-unsaturated/α-hetero) is 1. The number of aliphatic carboxylic acids is 1. The molecule has 3 aromatic rings. The number of carboxylic acids is 1. The predicted octanol–water partition coefficient (Wildman–Crippen LogP) is 2.62. The molecule has 0 bridgehead atoms. The zero-order valence-electron chi connectivity index (χ0n) is 13.8. The van der Waals surface area contributed by atoms with Gasteiger partial charge in [-0.15, -0.1) is 0 Å². The number of rotatable bonds is 4. The molecule has 0 radical (unpaired) electrons. The van der Waals surface area contributed by atoms with Crippen LogP contribution in [0.2, 0.25) is 0 Å². The van der Waals surface area contributed by atoms with Crippen LogP contribution in [0.15, 0.2) is 66.0 Å². The van der Waals surface area contributed by atoms with Gasteiger partial charge in [-0.3, -0.25) is 4.79 Å². The Hall–Kier alpha value is -4.07. The lowest BCUT2D eigenvalue weighted by Crippen LogP contribution is -2.12. The minimum absolute atomic E-state index is 0.106. The number of fused-ring (bicyclic) bond motifs is 1. The lowest BCUT2D eigenvalue weighted by atomic mass is 10.1. The van der Waals surface area contributed by atoms with E-state index in [1.165, 1.54) is 18.2 Å². The molecule has 0 saturated heterocycles. The van der Waals surface area contributed by atoms with E-state index in [0.29, 0.717) is 11.2 Å². The number of hydrogen-bond donors (Lipinski definition) is 4. The molecule has 134 valence electrons. The number of nitrogens with zero attached hydrogens (tertiary/aromatic N) is 1. The second-order valence-electron chi connectivity index (χ2n) is 5.73. The summed E-state index contributed by atoms with van der Waals surface area (Å²) in [6.07, 6.45) is 4.73.